The molecule has 0 saturated heterocycles. The summed E-state index contributed by atoms with van der Waals surface area (Å²) in [7, 11) is 0. The maximum atomic E-state index is 10.8. The Kier molecular flexibility index (Phi) is 4.43. The van der Waals surface area contributed by atoms with Crippen LogP contribution in [0, 0.1) is 19.8 Å². The van der Waals surface area contributed by atoms with Crippen LogP contribution < -0.4 is 4.90 Å². The van der Waals surface area contributed by atoms with Crippen molar-refractivity contribution in [3.05, 3.63) is 17.5 Å². The summed E-state index contributed by atoms with van der Waals surface area (Å²) >= 11 is 0. The molecule has 1 aromatic heterocycles. The number of hydrogen-bond acceptors (Lipinski definition) is 4. The van der Waals surface area contributed by atoms with Gasteiger partial charge in [0.15, 0.2) is 0 Å². The Morgan fingerprint density at radius 3 is 2.35 bits per heavy atom. The molecule has 1 atom stereocenters. The lowest BCUT2D eigenvalue weighted by Crippen LogP contribution is -2.33. The minimum Gasteiger partial charge on any atom is -0.481 e. The minimum absolute atomic E-state index is 0.425. The van der Waals surface area contributed by atoms with Crippen LogP contribution in [0.5, 0.6) is 0 Å². The van der Waals surface area contributed by atoms with Gasteiger partial charge >= 0.3 is 5.97 Å². The van der Waals surface area contributed by atoms with E-state index in [9.17, 15) is 4.79 Å². The van der Waals surface area contributed by atoms with Gasteiger partial charge in [-0.3, -0.25) is 4.79 Å². The van der Waals surface area contributed by atoms with E-state index in [1.54, 1.807) is 6.92 Å². The van der Waals surface area contributed by atoms with Crippen molar-refractivity contribution < 1.29 is 9.90 Å². The first-order valence-corrected chi connectivity index (χ1v) is 5.74. The smallest absolute Gasteiger partial charge is 0.308 e. The molecule has 0 radical (unpaired) electrons. The number of hydrogen-bond donors (Lipinski definition) is 1. The SMILES string of the molecule is CCN(CC(C)C(=O)O)c1nc(C)cc(C)n1. The van der Waals surface area contributed by atoms with E-state index in [0.29, 0.717) is 19.0 Å². The van der Waals surface area contributed by atoms with Gasteiger partial charge in [-0.15, -0.1) is 0 Å². The molecular weight excluding hydrogens is 218 g/mol. The fraction of sp³-hybridized carbons (Fsp3) is 0.583. The number of aryl methyl sites for hydroxylation is 2. The number of carboxylic acids is 1. The van der Waals surface area contributed by atoms with Crippen LogP contribution in [0.3, 0.4) is 0 Å². The quantitative estimate of drug-likeness (QED) is 0.843. The Labute approximate surface area is 102 Å². The molecule has 0 amide bonds. The Balaban J connectivity index is 2.89. The molecule has 0 bridgehead atoms. The summed E-state index contributed by atoms with van der Waals surface area (Å²) in [5.41, 5.74) is 1.79. The standard InChI is InChI=1S/C12H19N3O2/c1-5-15(7-8(2)11(16)17)12-13-9(3)6-10(4)14-12/h6,8H,5,7H2,1-4H3,(H,16,17). The van der Waals surface area contributed by atoms with E-state index >= 15 is 0 Å². The third kappa shape index (κ3) is 3.69. The monoisotopic (exact) mass is 237 g/mol. The van der Waals surface area contributed by atoms with Crippen molar-refractivity contribution in [1.29, 1.82) is 0 Å². The van der Waals surface area contributed by atoms with Crippen LogP contribution in [0.25, 0.3) is 0 Å². The van der Waals surface area contributed by atoms with Gasteiger partial charge in [-0.2, -0.15) is 0 Å². The Morgan fingerprint density at radius 2 is 1.94 bits per heavy atom. The van der Waals surface area contributed by atoms with E-state index in [0.717, 1.165) is 11.4 Å². The molecule has 0 aliphatic heterocycles. The molecule has 0 aliphatic carbocycles. The summed E-state index contributed by atoms with van der Waals surface area (Å²) in [4.78, 5) is 21.4. The highest BCUT2D eigenvalue weighted by Gasteiger charge is 2.17. The van der Waals surface area contributed by atoms with Crippen molar-refractivity contribution in [2.24, 2.45) is 5.92 Å². The average Bonchev–Trinajstić information content (AvgIpc) is 2.23. The zero-order valence-electron chi connectivity index (χ0n) is 10.8. The first-order chi connectivity index (χ1) is 7.93. The van der Waals surface area contributed by atoms with Gasteiger partial charge in [0.05, 0.1) is 5.92 Å². The fourth-order valence-corrected chi connectivity index (χ4v) is 1.61. The maximum absolute atomic E-state index is 10.8. The van der Waals surface area contributed by atoms with Crippen LogP contribution in [0.2, 0.25) is 0 Å². The highest BCUT2D eigenvalue weighted by molar-refractivity contribution is 5.70. The van der Waals surface area contributed by atoms with Gasteiger partial charge in [-0.25, -0.2) is 9.97 Å². The Bertz CT molecular complexity index is 386. The summed E-state index contributed by atoms with van der Waals surface area (Å²) in [6, 6.07) is 1.90. The van der Waals surface area contributed by atoms with Crippen molar-refractivity contribution in [3.63, 3.8) is 0 Å². The molecule has 0 aliphatic rings. The normalized spacial score (nSPS) is 12.2. The topological polar surface area (TPSA) is 66.3 Å². The molecule has 0 spiro atoms. The third-order valence-electron chi connectivity index (χ3n) is 2.55. The summed E-state index contributed by atoms with van der Waals surface area (Å²) < 4.78 is 0. The molecule has 1 heterocycles. The van der Waals surface area contributed by atoms with Crippen molar-refractivity contribution in [1.82, 2.24) is 9.97 Å². The van der Waals surface area contributed by atoms with Crippen LogP contribution in [-0.2, 0) is 4.79 Å². The van der Waals surface area contributed by atoms with Crippen molar-refractivity contribution in [3.8, 4) is 0 Å². The summed E-state index contributed by atoms with van der Waals surface area (Å²) in [5.74, 6) is -0.620. The number of rotatable bonds is 5. The van der Waals surface area contributed by atoms with Crippen LogP contribution in [-0.4, -0.2) is 34.1 Å². The number of anilines is 1. The van der Waals surface area contributed by atoms with Gasteiger partial charge in [-0.1, -0.05) is 6.92 Å². The van der Waals surface area contributed by atoms with E-state index in [-0.39, 0.29) is 0 Å². The van der Waals surface area contributed by atoms with E-state index in [2.05, 4.69) is 9.97 Å². The highest BCUT2D eigenvalue weighted by atomic mass is 16.4. The molecule has 5 nitrogen and oxygen atoms in total. The number of aliphatic carboxylic acids is 1. The summed E-state index contributed by atoms with van der Waals surface area (Å²) in [6.45, 7) is 8.60. The number of carboxylic acid groups (broad SMARTS) is 1. The van der Waals surface area contributed by atoms with Gasteiger partial charge < -0.3 is 10.0 Å². The van der Waals surface area contributed by atoms with Gasteiger partial charge in [0.1, 0.15) is 0 Å². The second-order valence-electron chi connectivity index (χ2n) is 4.23. The van der Waals surface area contributed by atoms with E-state index in [4.69, 9.17) is 5.11 Å². The first kappa shape index (κ1) is 13.4. The summed E-state index contributed by atoms with van der Waals surface area (Å²) in [5, 5.41) is 8.92. The molecular formula is C12H19N3O2. The molecule has 0 fully saturated rings. The number of aromatic nitrogens is 2. The van der Waals surface area contributed by atoms with Crippen LogP contribution in [0.4, 0.5) is 5.95 Å². The molecule has 5 heteroatoms. The zero-order chi connectivity index (χ0) is 13.0. The van der Waals surface area contributed by atoms with Gasteiger partial charge in [0, 0.05) is 24.5 Å². The molecule has 17 heavy (non-hydrogen) atoms. The molecule has 0 aromatic carbocycles. The van der Waals surface area contributed by atoms with Gasteiger partial charge in [0.2, 0.25) is 5.95 Å². The van der Waals surface area contributed by atoms with Crippen LogP contribution in [0.15, 0.2) is 6.07 Å². The van der Waals surface area contributed by atoms with Crippen LogP contribution >= 0.6 is 0 Å². The second kappa shape index (κ2) is 5.61. The Hall–Kier alpha value is -1.65. The lowest BCUT2D eigenvalue weighted by molar-refractivity contribution is -0.140. The molecule has 0 saturated carbocycles. The molecule has 94 valence electrons. The Morgan fingerprint density at radius 1 is 1.41 bits per heavy atom. The van der Waals surface area contributed by atoms with Gasteiger partial charge in [0.25, 0.3) is 0 Å². The number of nitrogens with zero attached hydrogens (tertiary/aromatic N) is 3. The third-order valence-corrected chi connectivity index (χ3v) is 2.55. The molecule has 1 aromatic rings. The predicted octanol–water partition coefficient (Wildman–Crippen LogP) is 1.64. The predicted molar refractivity (Wildman–Crippen MR) is 66.2 cm³/mol. The minimum atomic E-state index is -0.798. The van der Waals surface area contributed by atoms with E-state index in [1.807, 2.05) is 31.7 Å². The second-order valence-corrected chi connectivity index (χ2v) is 4.23. The average molecular weight is 237 g/mol. The van der Waals surface area contributed by atoms with Gasteiger partial charge in [-0.05, 0) is 26.8 Å². The molecule has 1 rings (SSSR count). The van der Waals surface area contributed by atoms with Crippen LogP contribution in [0.1, 0.15) is 25.2 Å². The van der Waals surface area contributed by atoms with E-state index < -0.39 is 11.9 Å². The lowest BCUT2D eigenvalue weighted by Gasteiger charge is -2.23. The lowest BCUT2D eigenvalue weighted by atomic mass is 10.2. The van der Waals surface area contributed by atoms with Crippen molar-refractivity contribution >= 4 is 11.9 Å². The van der Waals surface area contributed by atoms with E-state index in [1.165, 1.54) is 0 Å². The molecule has 1 unspecified atom stereocenters. The first-order valence-electron chi connectivity index (χ1n) is 5.74. The molecule has 1 N–H and O–H groups in total. The largest absolute Gasteiger partial charge is 0.481 e. The number of carbonyl (C=O) groups is 1. The maximum Gasteiger partial charge on any atom is 0.308 e. The fourth-order valence-electron chi connectivity index (χ4n) is 1.61. The van der Waals surface area contributed by atoms with Crippen molar-refractivity contribution in [2.75, 3.05) is 18.0 Å². The zero-order valence-corrected chi connectivity index (χ0v) is 10.8. The van der Waals surface area contributed by atoms with Crippen molar-refractivity contribution in [2.45, 2.75) is 27.7 Å². The summed E-state index contributed by atoms with van der Waals surface area (Å²) in [6.07, 6.45) is 0. The highest BCUT2D eigenvalue weighted by Crippen LogP contribution is 2.12.